The van der Waals surface area contributed by atoms with E-state index in [1.807, 2.05) is 0 Å². The fraction of sp³-hybridized carbons (Fsp3) is 0.812. The highest BCUT2D eigenvalue weighted by molar-refractivity contribution is 5.72. The Morgan fingerprint density at radius 1 is 1.21 bits per heavy atom. The molecule has 19 heavy (non-hydrogen) atoms. The second kappa shape index (κ2) is 7.09. The summed E-state index contributed by atoms with van der Waals surface area (Å²) in [4.78, 5) is 10.7. The maximum atomic E-state index is 10.7. The zero-order valence-corrected chi connectivity index (χ0v) is 12.2. The van der Waals surface area contributed by atoms with Gasteiger partial charge in [0.05, 0.1) is 0 Å². The Hall–Kier alpha value is -0.830. The summed E-state index contributed by atoms with van der Waals surface area (Å²) in [7, 11) is 0. The van der Waals surface area contributed by atoms with Gasteiger partial charge in [-0.3, -0.25) is 4.79 Å². The number of rotatable bonds is 5. The third kappa shape index (κ3) is 4.64. The summed E-state index contributed by atoms with van der Waals surface area (Å²) in [6.45, 7) is 3.34. The van der Waals surface area contributed by atoms with E-state index in [9.17, 15) is 4.79 Å². The summed E-state index contributed by atoms with van der Waals surface area (Å²) in [6.07, 6.45) is 15.6. The molecule has 0 aliphatic heterocycles. The minimum absolute atomic E-state index is 0.0665. The zero-order valence-electron chi connectivity index (χ0n) is 12.2. The van der Waals surface area contributed by atoms with Gasteiger partial charge in [0.1, 0.15) is 0 Å². The molecule has 0 aromatic carbocycles. The van der Waals surface area contributed by atoms with Crippen molar-refractivity contribution in [2.75, 3.05) is 13.1 Å². The molecule has 3 heteroatoms. The van der Waals surface area contributed by atoms with Crippen molar-refractivity contribution in [2.24, 2.45) is 5.41 Å². The van der Waals surface area contributed by atoms with Crippen LogP contribution >= 0.6 is 0 Å². The number of carbonyl (C=O) groups is 1. The molecule has 1 fully saturated rings. The van der Waals surface area contributed by atoms with Crippen LogP contribution in [0.3, 0.4) is 0 Å². The van der Waals surface area contributed by atoms with Gasteiger partial charge in [-0.2, -0.15) is 0 Å². The Balaban J connectivity index is 1.64. The number of hydrogen-bond donors (Lipinski definition) is 2. The molecule has 3 nitrogen and oxygen atoms in total. The Morgan fingerprint density at radius 3 is 2.63 bits per heavy atom. The summed E-state index contributed by atoms with van der Waals surface area (Å²) in [6, 6.07) is 0.546. The fourth-order valence-electron chi connectivity index (χ4n) is 3.43. The highest BCUT2D eigenvalue weighted by atomic mass is 16.1. The highest BCUT2D eigenvalue weighted by Crippen LogP contribution is 2.43. The molecule has 2 rings (SSSR count). The molecule has 0 radical (unpaired) electrons. The van der Waals surface area contributed by atoms with Crippen LogP contribution in [0.4, 0.5) is 0 Å². The fourth-order valence-corrected chi connectivity index (χ4v) is 3.43. The van der Waals surface area contributed by atoms with Crippen LogP contribution in [-0.4, -0.2) is 25.0 Å². The van der Waals surface area contributed by atoms with E-state index < -0.39 is 0 Å². The van der Waals surface area contributed by atoms with Gasteiger partial charge in [0.25, 0.3) is 0 Å². The predicted molar refractivity (Wildman–Crippen MR) is 79.0 cm³/mol. The number of nitrogens with one attached hydrogen (secondary N) is 2. The molecule has 108 valence electrons. The van der Waals surface area contributed by atoms with E-state index in [2.05, 4.69) is 22.8 Å². The smallest absolute Gasteiger partial charge is 0.216 e. The molecule has 0 bridgehead atoms. The van der Waals surface area contributed by atoms with Gasteiger partial charge >= 0.3 is 0 Å². The third-order valence-corrected chi connectivity index (χ3v) is 4.62. The van der Waals surface area contributed by atoms with Crippen molar-refractivity contribution < 1.29 is 4.79 Å². The lowest BCUT2D eigenvalue weighted by Gasteiger charge is -2.39. The summed E-state index contributed by atoms with van der Waals surface area (Å²) >= 11 is 0. The van der Waals surface area contributed by atoms with Gasteiger partial charge in [0.15, 0.2) is 0 Å². The van der Waals surface area contributed by atoms with Gasteiger partial charge < -0.3 is 10.6 Å². The van der Waals surface area contributed by atoms with Crippen molar-refractivity contribution in [3.05, 3.63) is 12.2 Å². The largest absolute Gasteiger partial charge is 0.356 e. The molecule has 2 aliphatic rings. The van der Waals surface area contributed by atoms with E-state index in [1.54, 1.807) is 6.92 Å². The maximum absolute atomic E-state index is 10.7. The average Bonchev–Trinajstić information content (AvgIpc) is 2.41. The number of allylic oxidation sites excluding steroid dienone is 1. The Kier molecular flexibility index (Phi) is 5.44. The Morgan fingerprint density at radius 2 is 2.00 bits per heavy atom. The van der Waals surface area contributed by atoms with E-state index in [0.29, 0.717) is 11.5 Å². The SMILES string of the molecule is CC(=O)NCCCNC1C=CC2(CCCCC2)CC1. The first-order valence-corrected chi connectivity index (χ1v) is 7.87. The molecule has 0 aromatic heterocycles. The maximum Gasteiger partial charge on any atom is 0.216 e. The molecule has 2 N–H and O–H groups in total. The second-order valence-electron chi connectivity index (χ2n) is 6.22. The summed E-state index contributed by atoms with van der Waals surface area (Å²) in [5.74, 6) is 0.0665. The van der Waals surface area contributed by atoms with E-state index in [1.165, 1.54) is 44.9 Å². The molecule has 1 spiro atoms. The second-order valence-corrected chi connectivity index (χ2v) is 6.22. The van der Waals surface area contributed by atoms with Crippen molar-refractivity contribution in [2.45, 2.75) is 64.3 Å². The van der Waals surface area contributed by atoms with Gasteiger partial charge in [-0.05, 0) is 44.1 Å². The molecule has 1 saturated carbocycles. The normalized spacial score (nSPS) is 25.4. The highest BCUT2D eigenvalue weighted by Gasteiger charge is 2.32. The van der Waals surface area contributed by atoms with E-state index in [0.717, 1.165) is 19.5 Å². The zero-order chi connectivity index (χ0) is 13.6. The predicted octanol–water partition coefficient (Wildman–Crippen LogP) is 2.77. The summed E-state index contributed by atoms with van der Waals surface area (Å²) in [5.41, 5.74) is 0.548. The van der Waals surface area contributed by atoms with Crippen LogP contribution in [0.2, 0.25) is 0 Å². The lowest BCUT2D eigenvalue weighted by molar-refractivity contribution is -0.118. The molecule has 1 amide bonds. The van der Waals surface area contributed by atoms with Crippen LogP contribution in [-0.2, 0) is 4.79 Å². The van der Waals surface area contributed by atoms with Crippen LogP contribution in [0.25, 0.3) is 0 Å². The quantitative estimate of drug-likeness (QED) is 0.592. The van der Waals surface area contributed by atoms with Crippen molar-refractivity contribution in [1.29, 1.82) is 0 Å². The van der Waals surface area contributed by atoms with Gasteiger partial charge in [-0.25, -0.2) is 0 Å². The van der Waals surface area contributed by atoms with Gasteiger partial charge in [0, 0.05) is 19.5 Å². The first-order valence-electron chi connectivity index (χ1n) is 7.87. The monoisotopic (exact) mass is 264 g/mol. The van der Waals surface area contributed by atoms with Crippen molar-refractivity contribution in [1.82, 2.24) is 10.6 Å². The van der Waals surface area contributed by atoms with Crippen LogP contribution in [0, 0.1) is 5.41 Å². The molecule has 2 aliphatic carbocycles. The minimum atomic E-state index is 0.0665. The third-order valence-electron chi connectivity index (χ3n) is 4.62. The molecular formula is C16H28N2O. The Bertz CT molecular complexity index is 319. The molecule has 1 unspecified atom stereocenters. The Labute approximate surface area is 117 Å². The summed E-state index contributed by atoms with van der Waals surface area (Å²) < 4.78 is 0. The summed E-state index contributed by atoms with van der Waals surface area (Å²) in [5, 5.41) is 6.41. The molecule has 0 saturated heterocycles. The number of hydrogen-bond acceptors (Lipinski definition) is 2. The average molecular weight is 264 g/mol. The van der Waals surface area contributed by atoms with Crippen molar-refractivity contribution >= 4 is 5.91 Å². The molecule has 0 aromatic rings. The lowest BCUT2D eigenvalue weighted by Crippen LogP contribution is -2.36. The number of amides is 1. The van der Waals surface area contributed by atoms with E-state index in [4.69, 9.17) is 0 Å². The van der Waals surface area contributed by atoms with Gasteiger partial charge in [-0.1, -0.05) is 31.4 Å². The topological polar surface area (TPSA) is 41.1 Å². The molecular weight excluding hydrogens is 236 g/mol. The van der Waals surface area contributed by atoms with Gasteiger partial charge in [0.2, 0.25) is 5.91 Å². The van der Waals surface area contributed by atoms with E-state index in [-0.39, 0.29) is 5.91 Å². The first kappa shape index (κ1) is 14.6. The van der Waals surface area contributed by atoms with Gasteiger partial charge in [-0.15, -0.1) is 0 Å². The minimum Gasteiger partial charge on any atom is -0.356 e. The van der Waals surface area contributed by atoms with Crippen LogP contribution in [0.5, 0.6) is 0 Å². The lowest BCUT2D eigenvalue weighted by atomic mass is 9.68. The molecule has 1 atom stereocenters. The van der Waals surface area contributed by atoms with Crippen LogP contribution in [0.15, 0.2) is 12.2 Å². The number of carbonyl (C=O) groups excluding carboxylic acids is 1. The first-order chi connectivity index (χ1) is 9.20. The standard InChI is InChI=1S/C16H28N2O/c1-14(19)17-12-5-13-18-15-6-10-16(11-7-15)8-3-2-4-9-16/h6,10,15,18H,2-5,7-9,11-13H2,1H3,(H,17,19). The van der Waals surface area contributed by atoms with Crippen molar-refractivity contribution in [3.63, 3.8) is 0 Å². The van der Waals surface area contributed by atoms with Crippen LogP contribution in [0.1, 0.15) is 58.3 Å². The van der Waals surface area contributed by atoms with E-state index >= 15 is 0 Å². The van der Waals surface area contributed by atoms with Crippen molar-refractivity contribution in [3.8, 4) is 0 Å². The van der Waals surface area contributed by atoms with Crippen LogP contribution < -0.4 is 10.6 Å². The molecule has 0 heterocycles.